The molecule has 0 N–H and O–H groups in total. The molecule has 112 valence electrons. The third-order valence-electron chi connectivity index (χ3n) is 5.67. The number of piperazine rings is 1. The van der Waals surface area contributed by atoms with E-state index in [9.17, 15) is 9.59 Å². The van der Waals surface area contributed by atoms with Crippen LogP contribution in [-0.4, -0.2) is 45.8 Å². The molecule has 20 heavy (non-hydrogen) atoms. The van der Waals surface area contributed by atoms with Crippen LogP contribution in [0.4, 0.5) is 0 Å². The van der Waals surface area contributed by atoms with Crippen LogP contribution in [0.25, 0.3) is 0 Å². The second-order valence-electron chi connectivity index (χ2n) is 7.02. The van der Waals surface area contributed by atoms with Crippen molar-refractivity contribution in [1.29, 1.82) is 0 Å². The van der Waals surface area contributed by atoms with Crippen LogP contribution in [0.3, 0.4) is 0 Å². The summed E-state index contributed by atoms with van der Waals surface area (Å²) >= 11 is 0. The van der Waals surface area contributed by atoms with Gasteiger partial charge in [-0.25, -0.2) is 0 Å². The van der Waals surface area contributed by atoms with Gasteiger partial charge >= 0.3 is 0 Å². The van der Waals surface area contributed by atoms with Gasteiger partial charge in [0.05, 0.1) is 0 Å². The molecule has 2 aliphatic heterocycles. The van der Waals surface area contributed by atoms with Crippen LogP contribution in [-0.2, 0) is 9.59 Å². The second kappa shape index (κ2) is 4.74. The van der Waals surface area contributed by atoms with Crippen molar-refractivity contribution in [1.82, 2.24) is 9.80 Å². The van der Waals surface area contributed by atoms with Gasteiger partial charge in [0, 0.05) is 12.1 Å². The van der Waals surface area contributed by atoms with Gasteiger partial charge in [-0.3, -0.25) is 9.59 Å². The molecular weight excluding hydrogens is 252 g/mol. The van der Waals surface area contributed by atoms with E-state index in [1.165, 1.54) is 6.42 Å². The fourth-order valence-electron chi connectivity index (χ4n) is 4.33. The molecule has 3 rings (SSSR count). The minimum absolute atomic E-state index is 0.0314. The van der Waals surface area contributed by atoms with Crippen molar-refractivity contribution in [3.05, 3.63) is 0 Å². The molecule has 0 spiro atoms. The number of rotatable bonds is 3. The predicted octanol–water partition coefficient (Wildman–Crippen LogP) is 2.18. The zero-order valence-corrected chi connectivity index (χ0v) is 12.9. The topological polar surface area (TPSA) is 40.6 Å². The normalized spacial score (nSPS) is 32.6. The molecule has 2 heterocycles. The summed E-state index contributed by atoms with van der Waals surface area (Å²) in [5.41, 5.74) is -0.0314. The van der Waals surface area contributed by atoms with E-state index >= 15 is 0 Å². The smallest absolute Gasteiger partial charge is 0.246 e. The molecule has 0 aromatic carbocycles. The third-order valence-corrected chi connectivity index (χ3v) is 5.67. The number of carbonyl (C=O) groups is 2. The van der Waals surface area contributed by atoms with Gasteiger partial charge in [-0.05, 0) is 44.4 Å². The minimum atomic E-state index is -0.239. The number of hydrogen-bond acceptors (Lipinski definition) is 2. The van der Waals surface area contributed by atoms with Crippen molar-refractivity contribution in [3.63, 3.8) is 0 Å². The van der Waals surface area contributed by atoms with Crippen LogP contribution in [0.2, 0.25) is 0 Å². The maximum Gasteiger partial charge on any atom is 0.246 e. The lowest BCUT2D eigenvalue weighted by Crippen LogP contribution is -2.71. The van der Waals surface area contributed by atoms with Crippen molar-refractivity contribution < 1.29 is 9.59 Å². The van der Waals surface area contributed by atoms with Gasteiger partial charge in [-0.2, -0.15) is 0 Å². The van der Waals surface area contributed by atoms with Crippen molar-refractivity contribution in [2.45, 2.75) is 76.9 Å². The lowest BCUT2D eigenvalue weighted by atomic mass is 9.71. The predicted molar refractivity (Wildman–Crippen MR) is 77.1 cm³/mol. The largest absolute Gasteiger partial charge is 0.329 e. The Kier molecular flexibility index (Phi) is 3.30. The Morgan fingerprint density at radius 2 is 1.90 bits per heavy atom. The molecule has 4 heteroatoms. The van der Waals surface area contributed by atoms with E-state index in [0.717, 1.165) is 38.6 Å². The van der Waals surface area contributed by atoms with E-state index in [0.29, 0.717) is 0 Å². The maximum absolute atomic E-state index is 13.0. The van der Waals surface area contributed by atoms with Gasteiger partial charge in [0.2, 0.25) is 11.8 Å². The van der Waals surface area contributed by atoms with E-state index in [4.69, 9.17) is 0 Å². The molecule has 0 bridgehead atoms. The molecule has 0 aromatic rings. The summed E-state index contributed by atoms with van der Waals surface area (Å²) in [6.45, 7) is 7.07. The number of carbonyl (C=O) groups excluding carboxylic acids is 2. The zero-order chi connectivity index (χ0) is 14.5. The SMILES string of the molecule is CCC1(N2C(=O)C3CCCN3C(=O)C2C(C)C)CCC1. The molecule has 2 atom stereocenters. The Balaban J connectivity index is 2.00. The highest BCUT2D eigenvalue weighted by Crippen LogP contribution is 2.45. The molecular formula is C16H26N2O2. The van der Waals surface area contributed by atoms with Crippen LogP contribution in [0.5, 0.6) is 0 Å². The summed E-state index contributed by atoms with van der Waals surface area (Å²) in [6.07, 6.45) is 6.12. The van der Waals surface area contributed by atoms with E-state index < -0.39 is 0 Å². The Morgan fingerprint density at radius 1 is 1.20 bits per heavy atom. The van der Waals surface area contributed by atoms with E-state index in [-0.39, 0.29) is 35.4 Å². The van der Waals surface area contributed by atoms with Gasteiger partial charge in [-0.1, -0.05) is 20.8 Å². The summed E-state index contributed by atoms with van der Waals surface area (Å²) in [4.78, 5) is 29.7. The summed E-state index contributed by atoms with van der Waals surface area (Å²) in [6, 6.07) is -0.404. The zero-order valence-electron chi connectivity index (χ0n) is 12.9. The highest BCUT2D eigenvalue weighted by atomic mass is 16.2. The van der Waals surface area contributed by atoms with Crippen LogP contribution in [0.15, 0.2) is 0 Å². The monoisotopic (exact) mass is 278 g/mol. The van der Waals surface area contributed by atoms with Crippen molar-refractivity contribution in [2.75, 3.05) is 6.54 Å². The van der Waals surface area contributed by atoms with E-state index in [1.807, 2.05) is 9.80 Å². The molecule has 0 radical (unpaired) electrons. The Hall–Kier alpha value is -1.06. The molecule has 1 saturated carbocycles. The molecule has 3 aliphatic rings. The van der Waals surface area contributed by atoms with Gasteiger partial charge in [0.1, 0.15) is 12.1 Å². The molecule has 4 nitrogen and oxygen atoms in total. The van der Waals surface area contributed by atoms with E-state index in [1.54, 1.807) is 0 Å². The molecule has 2 saturated heterocycles. The Labute approximate surface area is 121 Å². The first kappa shape index (κ1) is 13.9. The second-order valence-corrected chi connectivity index (χ2v) is 7.02. The van der Waals surface area contributed by atoms with Crippen LogP contribution in [0.1, 0.15) is 59.3 Å². The van der Waals surface area contributed by atoms with Crippen LogP contribution in [0, 0.1) is 5.92 Å². The first-order valence-electron chi connectivity index (χ1n) is 8.15. The minimum Gasteiger partial charge on any atom is -0.329 e. The standard InChI is InChI=1S/C16H26N2O2/c1-4-16(8-6-9-16)18-13(11(2)3)15(20)17-10-5-7-12(17)14(18)19/h11-13H,4-10H2,1-3H3. The van der Waals surface area contributed by atoms with Gasteiger partial charge in [0.25, 0.3) is 0 Å². The average molecular weight is 278 g/mol. The van der Waals surface area contributed by atoms with Crippen molar-refractivity contribution in [3.8, 4) is 0 Å². The third kappa shape index (κ3) is 1.73. The van der Waals surface area contributed by atoms with Gasteiger partial charge in [0.15, 0.2) is 0 Å². The highest BCUT2D eigenvalue weighted by Gasteiger charge is 2.56. The Morgan fingerprint density at radius 3 is 2.40 bits per heavy atom. The number of hydrogen-bond donors (Lipinski definition) is 0. The summed E-state index contributed by atoms with van der Waals surface area (Å²) in [5.74, 6) is 0.612. The lowest BCUT2D eigenvalue weighted by molar-refractivity contribution is -0.174. The average Bonchev–Trinajstić information content (AvgIpc) is 2.83. The fourth-order valence-corrected chi connectivity index (χ4v) is 4.33. The summed E-state index contributed by atoms with van der Waals surface area (Å²) in [7, 11) is 0. The molecule has 3 fully saturated rings. The molecule has 2 unspecified atom stereocenters. The maximum atomic E-state index is 13.0. The molecule has 2 amide bonds. The lowest BCUT2D eigenvalue weighted by Gasteiger charge is -2.57. The van der Waals surface area contributed by atoms with Gasteiger partial charge < -0.3 is 9.80 Å². The summed E-state index contributed by atoms with van der Waals surface area (Å²) < 4.78 is 0. The van der Waals surface area contributed by atoms with Crippen molar-refractivity contribution in [2.24, 2.45) is 5.92 Å². The number of nitrogens with zero attached hydrogens (tertiary/aromatic N) is 2. The van der Waals surface area contributed by atoms with Crippen molar-refractivity contribution >= 4 is 11.8 Å². The fraction of sp³-hybridized carbons (Fsp3) is 0.875. The Bertz CT molecular complexity index is 423. The number of amides is 2. The molecule has 0 aromatic heterocycles. The highest BCUT2D eigenvalue weighted by molar-refractivity contribution is 5.98. The quantitative estimate of drug-likeness (QED) is 0.794. The van der Waals surface area contributed by atoms with Gasteiger partial charge in [-0.15, -0.1) is 0 Å². The number of fused-ring (bicyclic) bond motifs is 1. The first-order valence-corrected chi connectivity index (χ1v) is 8.15. The van der Waals surface area contributed by atoms with Crippen LogP contribution < -0.4 is 0 Å². The molecule has 1 aliphatic carbocycles. The van der Waals surface area contributed by atoms with E-state index in [2.05, 4.69) is 20.8 Å². The first-order chi connectivity index (χ1) is 9.52. The van der Waals surface area contributed by atoms with Crippen LogP contribution >= 0.6 is 0 Å². The summed E-state index contributed by atoms with van der Waals surface area (Å²) in [5, 5.41) is 0.